The van der Waals surface area contributed by atoms with Crippen molar-refractivity contribution in [2.24, 2.45) is 7.05 Å². The van der Waals surface area contributed by atoms with Crippen LogP contribution in [0, 0.1) is 0 Å². The molecule has 3 aromatic rings. The Labute approximate surface area is 196 Å². The van der Waals surface area contributed by atoms with Gasteiger partial charge in [0, 0.05) is 20.1 Å². The highest BCUT2D eigenvalue weighted by atomic mass is 35.5. The van der Waals surface area contributed by atoms with E-state index in [0.717, 1.165) is 24.2 Å². The highest BCUT2D eigenvalue weighted by Crippen LogP contribution is 2.34. The molecule has 0 saturated carbocycles. The fourth-order valence-electron chi connectivity index (χ4n) is 3.79. The lowest BCUT2D eigenvalue weighted by atomic mass is 10.1. The largest absolute Gasteiger partial charge is 0.351 e. The van der Waals surface area contributed by atoms with E-state index in [1.165, 1.54) is 11.8 Å². The number of likely N-dealkylation sites (tertiary alicyclic amines) is 1. The Hall–Kier alpha value is -2.84. The third kappa shape index (κ3) is 4.97. The molecule has 0 radical (unpaired) electrons. The molecule has 2 aromatic carbocycles. The van der Waals surface area contributed by atoms with E-state index in [-0.39, 0.29) is 23.6 Å². The molecule has 1 aliphatic rings. The topological polar surface area (TPSA) is 80.1 Å². The van der Waals surface area contributed by atoms with Gasteiger partial charge in [0.05, 0.1) is 22.4 Å². The molecule has 0 aliphatic carbocycles. The number of nitrogens with one attached hydrogen (secondary N) is 1. The number of benzene rings is 2. The zero-order valence-electron chi connectivity index (χ0n) is 17.7. The second-order valence-corrected chi connectivity index (χ2v) is 8.94. The second kappa shape index (κ2) is 10.2. The Kier molecular flexibility index (Phi) is 7.12. The van der Waals surface area contributed by atoms with Crippen LogP contribution in [0.15, 0.2) is 59.8 Å². The van der Waals surface area contributed by atoms with Crippen molar-refractivity contribution in [3.05, 3.63) is 76.6 Å². The Morgan fingerprint density at radius 1 is 1.12 bits per heavy atom. The number of hydrogen-bond acceptors (Lipinski definition) is 5. The van der Waals surface area contributed by atoms with Crippen molar-refractivity contribution < 1.29 is 9.59 Å². The predicted octanol–water partition coefficient (Wildman–Crippen LogP) is 3.85. The van der Waals surface area contributed by atoms with Crippen molar-refractivity contribution in [1.29, 1.82) is 0 Å². The molecule has 2 heterocycles. The van der Waals surface area contributed by atoms with E-state index in [1.54, 1.807) is 12.1 Å². The van der Waals surface area contributed by atoms with Gasteiger partial charge in [-0.2, -0.15) is 0 Å². The zero-order valence-corrected chi connectivity index (χ0v) is 19.3. The quantitative estimate of drug-likeness (QED) is 0.531. The molecule has 2 amide bonds. The monoisotopic (exact) mass is 469 g/mol. The second-order valence-electron chi connectivity index (χ2n) is 7.59. The first kappa shape index (κ1) is 22.4. The van der Waals surface area contributed by atoms with Gasteiger partial charge >= 0.3 is 0 Å². The van der Waals surface area contributed by atoms with Crippen molar-refractivity contribution in [1.82, 2.24) is 25.0 Å². The number of rotatable bonds is 7. The van der Waals surface area contributed by atoms with Crippen molar-refractivity contribution in [3.63, 3.8) is 0 Å². The van der Waals surface area contributed by atoms with Gasteiger partial charge in [0.1, 0.15) is 0 Å². The first-order chi connectivity index (χ1) is 15.5. The summed E-state index contributed by atoms with van der Waals surface area (Å²) >= 11 is 7.57. The van der Waals surface area contributed by atoms with E-state index in [9.17, 15) is 9.59 Å². The fourth-order valence-corrected chi connectivity index (χ4v) is 4.75. The van der Waals surface area contributed by atoms with Gasteiger partial charge in [-0.05, 0) is 30.5 Å². The summed E-state index contributed by atoms with van der Waals surface area (Å²) in [5, 5.41) is 12.6. The summed E-state index contributed by atoms with van der Waals surface area (Å²) in [5.74, 6) is 0.789. The smallest absolute Gasteiger partial charge is 0.255 e. The van der Waals surface area contributed by atoms with Crippen LogP contribution in [0.5, 0.6) is 0 Å². The van der Waals surface area contributed by atoms with Crippen LogP contribution >= 0.6 is 23.4 Å². The average molecular weight is 470 g/mol. The molecule has 32 heavy (non-hydrogen) atoms. The third-order valence-electron chi connectivity index (χ3n) is 5.45. The van der Waals surface area contributed by atoms with E-state index in [1.807, 2.05) is 59.0 Å². The molecule has 166 valence electrons. The van der Waals surface area contributed by atoms with Crippen molar-refractivity contribution in [3.8, 4) is 0 Å². The SMILES string of the molecule is Cn1c(SCC(=O)NCc2ccccc2)nnc1C1CCCN1C(=O)c1ccccc1Cl. The minimum absolute atomic E-state index is 0.0696. The van der Waals surface area contributed by atoms with Gasteiger partial charge in [-0.15, -0.1) is 10.2 Å². The maximum absolute atomic E-state index is 13.1. The number of carbonyl (C=O) groups excluding carboxylic acids is 2. The van der Waals surface area contributed by atoms with Gasteiger partial charge in [-0.25, -0.2) is 0 Å². The number of halogens is 1. The zero-order chi connectivity index (χ0) is 22.5. The van der Waals surface area contributed by atoms with Gasteiger partial charge in [0.2, 0.25) is 5.91 Å². The Bertz CT molecular complexity index is 1100. The molecule has 1 N–H and O–H groups in total. The Balaban J connectivity index is 1.39. The number of hydrogen-bond donors (Lipinski definition) is 1. The summed E-state index contributed by atoms with van der Waals surface area (Å²) < 4.78 is 1.87. The third-order valence-corrected chi connectivity index (χ3v) is 6.80. The molecule has 1 atom stereocenters. The van der Waals surface area contributed by atoms with Gasteiger partial charge < -0.3 is 14.8 Å². The van der Waals surface area contributed by atoms with Gasteiger partial charge in [-0.3, -0.25) is 9.59 Å². The summed E-state index contributed by atoms with van der Waals surface area (Å²) in [6, 6.07) is 16.7. The van der Waals surface area contributed by atoms with Crippen LogP contribution in [-0.4, -0.2) is 43.8 Å². The van der Waals surface area contributed by atoms with E-state index >= 15 is 0 Å². The number of aromatic nitrogens is 3. The number of amides is 2. The lowest BCUT2D eigenvalue weighted by Crippen LogP contribution is -2.32. The molecule has 0 spiro atoms. The molecule has 9 heteroatoms. The van der Waals surface area contributed by atoms with Crippen LogP contribution in [0.4, 0.5) is 0 Å². The summed E-state index contributed by atoms with van der Waals surface area (Å²) in [6.07, 6.45) is 1.70. The molecule has 0 bridgehead atoms. The van der Waals surface area contributed by atoms with Crippen LogP contribution in [0.2, 0.25) is 5.02 Å². The molecule has 1 unspecified atom stereocenters. The van der Waals surface area contributed by atoms with Crippen molar-refractivity contribution in [2.45, 2.75) is 30.6 Å². The van der Waals surface area contributed by atoms with Crippen molar-refractivity contribution in [2.75, 3.05) is 12.3 Å². The molecular formula is C23H24ClN5O2S. The van der Waals surface area contributed by atoms with Crippen LogP contribution in [0.1, 0.15) is 40.6 Å². The number of thioether (sulfide) groups is 1. The molecule has 1 fully saturated rings. The normalized spacial score (nSPS) is 15.7. The first-order valence-corrected chi connectivity index (χ1v) is 11.8. The Morgan fingerprint density at radius 2 is 1.88 bits per heavy atom. The molecule has 7 nitrogen and oxygen atoms in total. The highest BCUT2D eigenvalue weighted by molar-refractivity contribution is 7.99. The number of nitrogens with zero attached hydrogens (tertiary/aromatic N) is 4. The standard InChI is InChI=1S/C23H24ClN5O2S/c1-28-21(19-12-7-13-29(19)22(31)17-10-5-6-11-18(17)24)26-27-23(28)32-15-20(30)25-14-16-8-3-2-4-9-16/h2-6,8-11,19H,7,12-15H2,1H3,(H,25,30). The average Bonchev–Trinajstić information content (AvgIpc) is 3.43. The molecule has 1 saturated heterocycles. The van der Waals surface area contributed by atoms with Crippen molar-refractivity contribution >= 4 is 35.2 Å². The highest BCUT2D eigenvalue weighted by Gasteiger charge is 2.34. The molecule has 4 rings (SSSR count). The van der Waals surface area contributed by atoms with Crippen LogP contribution in [0.25, 0.3) is 0 Å². The minimum Gasteiger partial charge on any atom is -0.351 e. The maximum Gasteiger partial charge on any atom is 0.255 e. The van der Waals surface area contributed by atoms with Crippen LogP contribution in [-0.2, 0) is 18.4 Å². The summed E-state index contributed by atoms with van der Waals surface area (Å²) in [7, 11) is 1.87. The number of carbonyl (C=O) groups is 2. The van der Waals surface area contributed by atoms with Crippen LogP contribution < -0.4 is 5.32 Å². The first-order valence-electron chi connectivity index (χ1n) is 10.4. The van der Waals surface area contributed by atoms with Crippen LogP contribution in [0.3, 0.4) is 0 Å². The van der Waals surface area contributed by atoms with E-state index < -0.39 is 0 Å². The maximum atomic E-state index is 13.1. The molecule has 1 aromatic heterocycles. The molecule has 1 aliphatic heterocycles. The molecular weight excluding hydrogens is 446 g/mol. The van der Waals surface area contributed by atoms with E-state index in [0.29, 0.717) is 28.8 Å². The van der Waals surface area contributed by atoms with Gasteiger partial charge in [0.15, 0.2) is 11.0 Å². The summed E-state index contributed by atoms with van der Waals surface area (Å²) in [4.78, 5) is 27.2. The van der Waals surface area contributed by atoms with E-state index in [2.05, 4.69) is 15.5 Å². The Morgan fingerprint density at radius 3 is 2.66 bits per heavy atom. The lowest BCUT2D eigenvalue weighted by Gasteiger charge is -2.24. The predicted molar refractivity (Wildman–Crippen MR) is 124 cm³/mol. The minimum atomic E-state index is -0.169. The summed E-state index contributed by atoms with van der Waals surface area (Å²) in [6.45, 7) is 1.14. The van der Waals surface area contributed by atoms with Gasteiger partial charge in [0.25, 0.3) is 5.91 Å². The summed E-state index contributed by atoms with van der Waals surface area (Å²) in [5.41, 5.74) is 1.55. The van der Waals surface area contributed by atoms with Gasteiger partial charge in [-0.1, -0.05) is 65.8 Å². The van der Waals surface area contributed by atoms with E-state index in [4.69, 9.17) is 11.6 Å². The lowest BCUT2D eigenvalue weighted by molar-refractivity contribution is -0.118. The fraction of sp³-hybridized carbons (Fsp3) is 0.304.